The predicted octanol–water partition coefficient (Wildman–Crippen LogP) is 13.7. The first kappa shape index (κ1) is 32.0. The van der Waals surface area contributed by atoms with Gasteiger partial charge in [0.15, 0.2) is 0 Å². The van der Waals surface area contributed by atoms with E-state index in [1.165, 1.54) is 112 Å². The maximum atomic E-state index is 2.63. The van der Waals surface area contributed by atoms with Gasteiger partial charge in [0.25, 0.3) is 0 Å². The van der Waals surface area contributed by atoms with Crippen molar-refractivity contribution in [2.75, 3.05) is 4.90 Å². The highest BCUT2D eigenvalue weighted by Gasteiger charge is 2.61. The minimum atomic E-state index is 0.164. The Kier molecular flexibility index (Phi) is 6.46. The molecule has 272 valence electrons. The Bertz CT molecular complexity index is 2080. The fourth-order valence-corrected chi connectivity index (χ4v) is 15.9. The van der Waals surface area contributed by atoms with Crippen LogP contribution in [0.15, 0.2) is 84.9 Å². The molecule has 53 heavy (non-hydrogen) atoms. The lowest BCUT2D eigenvalue weighted by atomic mass is 9.43. The van der Waals surface area contributed by atoms with E-state index in [9.17, 15) is 0 Å². The van der Waals surface area contributed by atoms with Crippen molar-refractivity contribution in [1.29, 1.82) is 0 Å². The Morgan fingerprint density at radius 1 is 0.453 bits per heavy atom. The van der Waals surface area contributed by atoms with Crippen LogP contribution in [0.2, 0.25) is 0 Å². The highest BCUT2D eigenvalue weighted by molar-refractivity contribution is 5.87. The maximum absolute atomic E-state index is 2.63. The molecule has 10 aliphatic rings. The van der Waals surface area contributed by atoms with Crippen LogP contribution in [-0.2, 0) is 21.7 Å². The van der Waals surface area contributed by atoms with Crippen LogP contribution in [0.25, 0.3) is 11.1 Å². The van der Waals surface area contributed by atoms with Crippen LogP contribution in [0.3, 0.4) is 0 Å². The van der Waals surface area contributed by atoms with E-state index in [-0.39, 0.29) is 16.2 Å². The van der Waals surface area contributed by atoms with Crippen LogP contribution >= 0.6 is 0 Å². The van der Waals surface area contributed by atoms with E-state index in [4.69, 9.17) is 0 Å². The fourth-order valence-electron chi connectivity index (χ4n) is 15.9. The molecule has 1 heteroatoms. The summed E-state index contributed by atoms with van der Waals surface area (Å²) < 4.78 is 0. The molecule has 4 aromatic rings. The lowest BCUT2D eigenvalue weighted by Gasteiger charge is -2.61. The van der Waals surface area contributed by atoms with E-state index in [1.54, 1.807) is 27.8 Å². The lowest BCUT2D eigenvalue weighted by Crippen LogP contribution is -2.55. The molecule has 0 N–H and O–H groups in total. The average molecular weight is 698 g/mol. The SMILES string of the molecule is CC1(C)CCC(C)(C)c2cc(N(c3ccc(C45CC6CC(CC(C6)C4)C5)cc3)c3ccc4c(c3)-c3ccccc3C43C4CC5CC(C4)CC3C5)ccc21. The Balaban J connectivity index is 1.01. The molecular formula is C52H59N. The predicted molar refractivity (Wildman–Crippen MR) is 220 cm³/mol. The number of hydrogen-bond donors (Lipinski definition) is 0. The Morgan fingerprint density at radius 3 is 1.60 bits per heavy atom. The Labute approximate surface area is 319 Å². The molecule has 1 nitrogen and oxygen atoms in total. The zero-order chi connectivity index (χ0) is 35.5. The van der Waals surface area contributed by atoms with Crippen LogP contribution in [0, 0.1) is 41.4 Å². The van der Waals surface area contributed by atoms with Crippen molar-refractivity contribution in [2.24, 2.45) is 41.4 Å². The summed E-state index contributed by atoms with van der Waals surface area (Å²) >= 11 is 0. The summed E-state index contributed by atoms with van der Waals surface area (Å²) in [5.41, 5.74) is 16.0. The quantitative estimate of drug-likeness (QED) is 0.205. The number of nitrogens with zero attached hydrogens (tertiary/aromatic N) is 1. The van der Waals surface area contributed by atoms with Gasteiger partial charge in [0, 0.05) is 22.5 Å². The molecule has 1 spiro atoms. The minimum absolute atomic E-state index is 0.164. The zero-order valence-electron chi connectivity index (χ0n) is 32.8. The third-order valence-electron chi connectivity index (χ3n) is 17.7. The number of fused-ring (bicyclic) bond motifs is 4. The molecule has 0 saturated heterocycles. The number of rotatable bonds is 4. The van der Waals surface area contributed by atoms with Crippen molar-refractivity contribution in [3.63, 3.8) is 0 Å². The summed E-state index contributed by atoms with van der Waals surface area (Å²) in [5, 5.41) is 0. The van der Waals surface area contributed by atoms with E-state index < -0.39 is 0 Å². The van der Waals surface area contributed by atoms with Crippen molar-refractivity contribution in [2.45, 2.75) is 133 Å². The second kappa shape index (κ2) is 10.7. The number of benzene rings is 4. The molecule has 0 heterocycles. The van der Waals surface area contributed by atoms with E-state index >= 15 is 0 Å². The number of anilines is 3. The standard InChI is InChI=1S/C52H59N/c1-49(2)17-18-50(3,4)48-28-42(14-16-47(48)49)53(40-11-9-37(10-12-40)51-29-34-20-35(30-51)22-36(21-34)31-51)41-13-15-46-44(27-41)43-7-5-6-8-45(43)52(46)38-23-32-19-33(25-38)26-39(52)24-32/h5-16,27-28,32-36,38-39H,17-26,29-31H2,1-4H3. The van der Waals surface area contributed by atoms with Crippen molar-refractivity contribution >= 4 is 17.1 Å². The largest absolute Gasteiger partial charge is 0.310 e. The van der Waals surface area contributed by atoms with E-state index in [0.29, 0.717) is 5.41 Å². The van der Waals surface area contributed by atoms with Gasteiger partial charge in [-0.3, -0.25) is 0 Å². The maximum Gasteiger partial charge on any atom is 0.0468 e. The van der Waals surface area contributed by atoms with Gasteiger partial charge >= 0.3 is 0 Å². The molecule has 0 unspecified atom stereocenters. The van der Waals surface area contributed by atoms with Gasteiger partial charge in [-0.1, -0.05) is 76.2 Å². The third kappa shape index (κ3) is 4.38. The summed E-state index contributed by atoms with van der Waals surface area (Å²) in [7, 11) is 0. The fraction of sp³-hybridized carbons (Fsp3) is 0.538. The van der Waals surface area contributed by atoms with Gasteiger partial charge in [-0.15, -0.1) is 0 Å². The molecule has 0 amide bonds. The Hall–Kier alpha value is -3.32. The zero-order valence-corrected chi connectivity index (χ0v) is 32.8. The van der Waals surface area contributed by atoms with Gasteiger partial charge in [0.1, 0.15) is 0 Å². The molecule has 0 aromatic heterocycles. The molecule has 8 saturated carbocycles. The smallest absolute Gasteiger partial charge is 0.0468 e. The van der Waals surface area contributed by atoms with Crippen LogP contribution in [0.4, 0.5) is 17.1 Å². The second-order valence-electron chi connectivity index (χ2n) is 21.5. The number of hydrogen-bond acceptors (Lipinski definition) is 1. The normalized spacial score (nSPS) is 37.1. The summed E-state index contributed by atoms with van der Waals surface area (Å²) in [6, 6.07) is 35.1. The third-order valence-corrected chi connectivity index (χ3v) is 17.7. The van der Waals surface area contributed by atoms with E-state index in [0.717, 1.165) is 41.4 Å². The highest BCUT2D eigenvalue weighted by atomic mass is 15.1. The van der Waals surface area contributed by atoms with E-state index in [1.807, 2.05) is 0 Å². The summed E-state index contributed by atoms with van der Waals surface area (Å²) in [6.07, 6.45) is 18.5. The van der Waals surface area contributed by atoms with Crippen molar-refractivity contribution < 1.29 is 0 Å². The van der Waals surface area contributed by atoms with Crippen LogP contribution < -0.4 is 4.90 Å². The molecule has 0 atom stereocenters. The molecule has 10 aliphatic carbocycles. The first-order valence-corrected chi connectivity index (χ1v) is 21.9. The van der Waals surface area contributed by atoms with Crippen LogP contribution in [-0.4, -0.2) is 0 Å². The summed E-state index contributed by atoms with van der Waals surface area (Å²) in [4.78, 5) is 2.63. The summed E-state index contributed by atoms with van der Waals surface area (Å²) in [6.45, 7) is 9.87. The van der Waals surface area contributed by atoms with Crippen molar-refractivity contribution in [3.05, 3.63) is 113 Å². The van der Waals surface area contributed by atoms with Crippen molar-refractivity contribution in [1.82, 2.24) is 0 Å². The molecule has 4 aromatic carbocycles. The molecule has 0 aliphatic heterocycles. The highest BCUT2D eigenvalue weighted by Crippen LogP contribution is 2.70. The van der Waals surface area contributed by atoms with Crippen molar-refractivity contribution in [3.8, 4) is 11.1 Å². The molecule has 8 bridgehead atoms. The molecular weight excluding hydrogens is 639 g/mol. The van der Waals surface area contributed by atoms with Gasteiger partial charge in [-0.25, -0.2) is 0 Å². The first-order chi connectivity index (χ1) is 25.6. The minimum Gasteiger partial charge on any atom is -0.310 e. The molecule has 8 fully saturated rings. The van der Waals surface area contributed by atoms with Gasteiger partial charge in [0.2, 0.25) is 0 Å². The Morgan fingerprint density at radius 2 is 0.962 bits per heavy atom. The van der Waals surface area contributed by atoms with E-state index in [2.05, 4.69) is 118 Å². The lowest BCUT2D eigenvalue weighted by molar-refractivity contribution is -0.0399. The average Bonchev–Trinajstić information content (AvgIpc) is 3.42. The summed E-state index contributed by atoms with van der Waals surface area (Å²) in [5.74, 6) is 6.42. The molecule has 0 radical (unpaired) electrons. The monoisotopic (exact) mass is 697 g/mol. The van der Waals surface area contributed by atoms with Gasteiger partial charge in [0.05, 0.1) is 0 Å². The first-order valence-electron chi connectivity index (χ1n) is 21.9. The van der Waals surface area contributed by atoms with Gasteiger partial charge in [-0.05, 0) is 216 Å². The van der Waals surface area contributed by atoms with Crippen LogP contribution in [0.5, 0.6) is 0 Å². The van der Waals surface area contributed by atoms with Gasteiger partial charge in [-0.2, -0.15) is 0 Å². The molecule has 14 rings (SSSR count). The van der Waals surface area contributed by atoms with Gasteiger partial charge < -0.3 is 4.90 Å². The second-order valence-corrected chi connectivity index (χ2v) is 21.5. The van der Waals surface area contributed by atoms with Crippen LogP contribution in [0.1, 0.15) is 139 Å². The topological polar surface area (TPSA) is 3.24 Å².